The molecule has 27 heavy (non-hydrogen) atoms. The van der Waals surface area contributed by atoms with E-state index in [4.69, 9.17) is 4.52 Å². The summed E-state index contributed by atoms with van der Waals surface area (Å²) < 4.78 is 4.83. The summed E-state index contributed by atoms with van der Waals surface area (Å²) >= 11 is 1.62. The Kier molecular flexibility index (Phi) is 4.13. The molecule has 0 unspecified atom stereocenters. The molecule has 0 radical (unpaired) electrons. The van der Waals surface area contributed by atoms with Crippen molar-refractivity contribution in [2.75, 3.05) is 10.6 Å². The third kappa shape index (κ3) is 3.45. The van der Waals surface area contributed by atoms with Crippen LogP contribution in [0.3, 0.4) is 0 Å². The fourth-order valence-electron chi connectivity index (χ4n) is 3.30. The quantitative estimate of drug-likeness (QED) is 0.518. The average Bonchev–Trinajstić information content (AvgIpc) is 3.44. The molecule has 4 heterocycles. The third-order valence-corrected chi connectivity index (χ3v) is 5.63. The predicted molar refractivity (Wildman–Crippen MR) is 104 cm³/mol. The van der Waals surface area contributed by atoms with Gasteiger partial charge in [0.25, 0.3) is 0 Å². The maximum Gasteiger partial charge on any atom is 0.211 e. The van der Waals surface area contributed by atoms with Crippen LogP contribution in [0.5, 0.6) is 0 Å². The molecule has 5 rings (SSSR count). The van der Waals surface area contributed by atoms with Gasteiger partial charge < -0.3 is 15.2 Å². The van der Waals surface area contributed by atoms with E-state index in [0.29, 0.717) is 11.7 Å². The van der Waals surface area contributed by atoms with Crippen LogP contribution in [-0.2, 0) is 0 Å². The smallest absolute Gasteiger partial charge is 0.211 e. The number of pyridine rings is 2. The number of aromatic nitrogens is 5. The van der Waals surface area contributed by atoms with Gasteiger partial charge in [-0.2, -0.15) is 0 Å². The van der Waals surface area contributed by atoms with Gasteiger partial charge in [0.15, 0.2) is 5.82 Å². The van der Waals surface area contributed by atoms with Gasteiger partial charge in [-0.25, -0.2) is 4.98 Å². The second kappa shape index (κ2) is 6.92. The lowest BCUT2D eigenvalue weighted by molar-refractivity contribution is 0.423. The van der Waals surface area contributed by atoms with Crippen LogP contribution in [0.25, 0.3) is 11.0 Å². The average molecular weight is 379 g/mol. The summed E-state index contributed by atoms with van der Waals surface area (Å²) in [6.45, 7) is 0. The fraction of sp³-hybridized carbons (Fsp3) is 0.278. The van der Waals surface area contributed by atoms with E-state index >= 15 is 0 Å². The van der Waals surface area contributed by atoms with Gasteiger partial charge in [-0.3, -0.25) is 4.98 Å². The molecular formula is C18H17N7OS. The van der Waals surface area contributed by atoms with Crippen LogP contribution in [0.4, 0.5) is 22.5 Å². The van der Waals surface area contributed by atoms with Crippen molar-refractivity contribution < 1.29 is 4.52 Å². The number of fused-ring (bicyclic) bond motifs is 1. The van der Waals surface area contributed by atoms with E-state index in [1.807, 2.05) is 18.2 Å². The zero-order valence-electron chi connectivity index (χ0n) is 14.4. The standard InChI is InChI=1S/C18H17N7OS/c1-2-4-11(3-1)17-23-24-18(27-17)22-15-6-5-13-14(21-15)9-12(10-19-13)20-16-7-8-26-25-16/h5-11H,1-4H2,(H,20,25)(H,21,22,24). The van der Waals surface area contributed by atoms with E-state index in [1.54, 1.807) is 23.6 Å². The fourth-order valence-corrected chi connectivity index (χ4v) is 4.22. The molecule has 136 valence electrons. The minimum atomic E-state index is 0.567. The maximum absolute atomic E-state index is 4.83. The highest BCUT2D eigenvalue weighted by Crippen LogP contribution is 2.36. The first-order valence-corrected chi connectivity index (χ1v) is 9.70. The van der Waals surface area contributed by atoms with Crippen molar-refractivity contribution in [3.63, 3.8) is 0 Å². The highest BCUT2D eigenvalue weighted by Gasteiger charge is 2.21. The highest BCUT2D eigenvalue weighted by atomic mass is 32.1. The maximum atomic E-state index is 4.83. The Bertz CT molecular complexity index is 1060. The largest absolute Gasteiger partial charge is 0.363 e. The molecule has 1 aliphatic rings. The summed E-state index contributed by atoms with van der Waals surface area (Å²) in [5.41, 5.74) is 2.38. The second-order valence-electron chi connectivity index (χ2n) is 6.52. The molecule has 1 saturated carbocycles. The molecule has 9 heteroatoms. The van der Waals surface area contributed by atoms with Gasteiger partial charge in [-0.05, 0) is 31.0 Å². The van der Waals surface area contributed by atoms with Crippen molar-refractivity contribution in [3.8, 4) is 0 Å². The van der Waals surface area contributed by atoms with Gasteiger partial charge in [0, 0.05) is 12.0 Å². The lowest BCUT2D eigenvalue weighted by Crippen LogP contribution is -1.96. The molecule has 0 spiro atoms. The molecule has 0 atom stereocenters. The minimum absolute atomic E-state index is 0.567. The highest BCUT2D eigenvalue weighted by molar-refractivity contribution is 7.15. The summed E-state index contributed by atoms with van der Waals surface area (Å²) in [5, 5.41) is 20.8. The lowest BCUT2D eigenvalue weighted by Gasteiger charge is -2.06. The van der Waals surface area contributed by atoms with Gasteiger partial charge in [0.05, 0.1) is 22.9 Å². The zero-order valence-corrected chi connectivity index (χ0v) is 15.2. The van der Waals surface area contributed by atoms with Gasteiger partial charge in [-0.15, -0.1) is 10.2 Å². The van der Waals surface area contributed by atoms with E-state index < -0.39 is 0 Å². The van der Waals surface area contributed by atoms with E-state index in [2.05, 4.69) is 36.0 Å². The summed E-state index contributed by atoms with van der Waals surface area (Å²) in [5.74, 6) is 1.91. The van der Waals surface area contributed by atoms with Crippen molar-refractivity contribution in [1.29, 1.82) is 0 Å². The van der Waals surface area contributed by atoms with Crippen LogP contribution in [0.15, 0.2) is 41.2 Å². The van der Waals surface area contributed by atoms with Gasteiger partial charge in [0.2, 0.25) is 5.13 Å². The Labute approximate surface area is 159 Å². The topological polar surface area (TPSA) is 102 Å². The molecule has 0 amide bonds. The molecule has 8 nitrogen and oxygen atoms in total. The predicted octanol–water partition coefficient (Wildman–Crippen LogP) is 4.61. The first kappa shape index (κ1) is 16.1. The zero-order chi connectivity index (χ0) is 18.1. The van der Waals surface area contributed by atoms with Crippen LogP contribution < -0.4 is 10.6 Å². The van der Waals surface area contributed by atoms with Crippen molar-refractivity contribution >= 4 is 44.8 Å². The Hall–Kier alpha value is -3.07. The van der Waals surface area contributed by atoms with Crippen LogP contribution >= 0.6 is 11.3 Å². The SMILES string of the molecule is c1cc(Nc2cnc3ccc(Nc4nnc(C5CCCC5)s4)nc3c2)no1. The molecule has 1 fully saturated rings. The van der Waals surface area contributed by atoms with Crippen LogP contribution in [0.1, 0.15) is 36.6 Å². The summed E-state index contributed by atoms with van der Waals surface area (Å²) in [7, 11) is 0. The summed E-state index contributed by atoms with van der Waals surface area (Å²) in [4.78, 5) is 9.08. The first-order chi connectivity index (χ1) is 13.3. The third-order valence-electron chi connectivity index (χ3n) is 4.63. The molecule has 0 aliphatic heterocycles. The normalized spacial score (nSPS) is 14.7. The van der Waals surface area contributed by atoms with Crippen molar-refractivity contribution in [2.45, 2.75) is 31.6 Å². The van der Waals surface area contributed by atoms with Crippen LogP contribution in [-0.4, -0.2) is 25.3 Å². The number of hydrogen-bond acceptors (Lipinski definition) is 9. The molecule has 4 aromatic rings. The summed E-state index contributed by atoms with van der Waals surface area (Å²) in [6, 6.07) is 7.50. The molecule has 0 bridgehead atoms. The van der Waals surface area contributed by atoms with E-state index in [9.17, 15) is 0 Å². The molecule has 1 aliphatic carbocycles. The lowest BCUT2D eigenvalue weighted by atomic mass is 10.1. The minimum Gasteiger partial charge on any atom is -0.363 e. The van der Waals surface area contributed by atoms with Crippen LogP contribution in [0, 0.1) is 0 Å². The number of nitrogens with zero attached hydrogens (tertiary/aromatic N) is 5. The number of hydrogen-bond donors (Lipinski definition) is 2. The first-order valence-electron chi connectivity index (χ1n) is 8.88. The molecular weight excluding hydrogens is 362 g/mol. The molecule has 2 N–H and O–H groups in total. The Morgan fingerprint density at radius 1 is 1.00 bits per heavy atom. The number of anilines is 4. The van der Waals surface area contributed by atoms with E-state index in [0.717, 1.165) is 32.7 Å². The molecule has 0 aromatic carbocycles. The Morgan fingerprint density at radius 2 is 1.93 bits per heavy atom. The number of nitrogens with one attached hydrogen (secondary N) is 2. The summed E-state index contributed by atoms with van der Waals surface area (Å²) in [6.07, 6.45) is 8.27. The van der Waals surface area contributed by atoms with Crippen LogP contribution in [0.2, 0.25) is 0 Å². The van der Waals surface area contributed by atoms with Gasteiger partial charge in [0.1, 0.15) is 17.1 Å². The van der Waals surface area contributed by atoms with Crippen molar-refractivity contribution in [2.24, 2.45) is 0 Å². The van der Waals surface area contributed by atoms with E-state index in [-0.39, 0.29) is 0 Å². The Balaban J connectivity index is 1.37. The Morgan fingerprint density at radius 3 is 2.78 bits per heavy atom. The van der Waals surface area contributed by atoms with Crippen molar-refractivity contribution in [3.05, 3.63) is 41.7 Å². The van der Waals surface area contributed by atoms with Gasteiger partial charge in [-0.1, -0.05) is 29.3 Å². The number of rotatable bonds is 5. The molecule has 0 saturated heterocycles. The molecule has 4 aromatic heterocycles. The monoisotopic (exact) mass is 379 g/mol. The van der Waals surface area contributed by atoms with E-state index in [1.165, 1.54) is 31.9 Å². The van der Waals surface area contributed by atoms with Crippen molar-refractivity contribution in [1.82, 2.24) is 25.3 Å². The second-order valence-corrected chi connectivity index (χ2v) is 7.53. The van der Waals surface area contributed by atoms with Gasteiger partial charge >= 0.3 is 0 Å².